The first-order chi connectivity index (χ1) is 17.1. The highest BCUT2D eigenvalue weighted by molar-refractivity contribution is 6.00. The molecule has 1 N–H and O–H groups in total. The summed E-state index contributed by atoms with van der Waals surface area (Å²) in [4.78, 5) is 35.9. The first-order valence-corrected chi connectivity index (χ1v) is 11.8. The van der Waals surface area contributed by atoms with Crippen LogP contribution in [0.4, 0.5) is 5.69 Å². The van der Waals surface area contributed by atoms with Crippen LogP contribution in [0.1, 0.15) is 35.7 Å². The molecular formula is C28H27N3O4. The number of anilines is 1. The quantitative estimate of drug-likeness (QED) is 0.395. The summed E-state index contributed by atoms with van der Waals surface area (Å²) in [5.41, 5.74) is 4.78. The lowest BCUT2D eigenvalue weighted by Crippen LogP contribution is -2.43. The van der Waals surface area contributed by atoms with E-state index in [1.54, 1.807) is 30.2 Å². The molecule has 1 aromatic heterocycles. The van der Waals surface area contributed by atoms with Gasteiger partial charge >= 0.3 is 5.97 Å². The van der Waals surface area contributed by atoms with E-state index in [9.17, 15) is 9.59 Å². The molecule has 4 aromatic rings. The fourth-order valence-corrected chi connectivity index (χ4v) is 4.46. The third-order valence-electron chi connectivity index (χ3n) is 6.35. The number of nitrogens with zero attached hydrogens (tertiary/aromatic N) is 2. The number of aryl methyl sites for hydroxylation is 1. The molecule has 0 spiro atoms. The van der Waals surface area contributed by atoms with Crippen molar-refractivity contribution in [1.29, 1.82) is 0 Å². The Labute approximate surface area is 203 Å². The van der Waals surface area contributed by atoms with Crippen LogP contribution in [0.2, 0.25) is 0 Å². The fourth-order valence-electron chi connectivity index (χ4n) is 4.46. The van der Waals surface area contributed by atoms with E-state index in [1.807, 2.05) is 55.5 Å². The molecule has 5 rings (SSSR count). The molecule has 0 radical (unpaired) electrons. The molecule has 0 saturated heterocycles. The number of aromatic nitrogens is 2. The number of ether oxygens (including phenoxy) is 2. The maximum atomic E-state index is 13.3. The van der Waals surface area contributed by atoms with E-state index in [0.29, 0.717) is 24.4 Å². The summed E-state index contributed by atoms with van der Waals surface area (Å²) in [6.07, 6.45) is 1.39. The summed E-state index contributed by atoms with van der Waals surface area (Å²) in [5.74, 6) is 0.747. The minimum atomic E-state index is -0.846. The van der Waals surface area contributed by atoms with Gasteiger partial charge in [0.15, 0.2) is 6.10 Å². The van der Waals surface area contributed by atoms with Crippen LogP contribution in [0.15, 0.2) is 66.7 Å². The molecule has 0 fully saturated rings. The van der Waals surface area contributed by atoms with Gasteiger partial charge in [-0.1, -0.05) is 25.1 Å². The van der Waals surface area contributed by atoms with Gasteiger partial charge in [0.25, 0.3) is 5.91 Å². The van der Waals surface area contributed by atoms with Crippen molar-refractivity contribution in [3.05, 3.63) is 77.9 Å². The first kappa shape index (κ1) is 22.7. The maximum absolute atomic E-state index is 13.3. The van der Waals surface area contributed by atoms with Crippen LogP contribution >= 0.6 is 0 Å². The topological polar surface area (TPSA) is 84.5 Å². The average molecular weight is 470 g/mol. The molecule has 1 atom stereocenters. The predicted octanol–water partition coefficient (Wildman–Crippen LogP) is 5.15. The van der Waals surface area contributed by atoms with Gasteiger partial charge < -0.3 is 19.4 Å². The zero-order chi connectivity index (χ0) is 24.4. The second-order valence-corrected chi connectivity index (χ2v) is 8.57. The zero-order valence-corrected chi connectivity index (χ0v) is 19.8. The van der Waals surface area contributed by atoms with Gasteiger partial charge in [-0.25, -0.2) is 9.78 Å². The van der Waals surface area contributed by atoms with Crippen LogP contribution in [0, 0.1) is 0 Å². The molecule has 178 valence electrons. The molecular weight excluding hydrogens is 442 g/mol. The van der Waals surface area contributed by atoms with E-state index in [0.717, 1.165) is 46.4 Å². The highest BCUT2D eigenvalue weighted by Crippen LogP contribution is 2.28. The van der Waals surface area contributed by atoms with Crippen molar-refractivity contribution < 1.29 is 19.1 Å². The van der Waals surface area contributed by atoms with Crippen LogP contribution in [-0.2, 0) is 16.0 Å². The van der Waals surface area contributed by atoms with Gasteiger partial charge in [-0.2, -0.15) is 0 Å². The lowest BCUT2D eigenvalue weighted by molar-refractivity contribution is -0.127. The number of hydrogen-bond donors (Lipinski definition) is 1. The number of H-pyrrole nitrogens is 1. The molecule has 1 amide bonds. The molecule has 35 heavy (non-hydrogen) atoms. The molecule has 1 unspecified atom stereocenters. The minimum Gasteiger partial charge on any atom is -0.497 e. The number of esters is 1. The zero-order valence-electron chi connectivity index (χ0n) is 19.8. The van der Waals surface area contributed by atoms with E-state index in [4.69, 9.17) is 9.47 Å². The minimum absolute atomic E-state index is 0.183. The molecule has 0 bridgehead atoms. The summed E-state index contributed by atoms with van der Waals surface area (Å²) in [5, 5.41) is 0. The van der Waals surface area contributed by atoms with Crippen molar-refractivity contribution in [2.75, 3.05) is 18.6 Å². The number of rotatable bonds is 6. The summed E-state index contributed by atoms with van der Waals surface area (Å²) in [6.45, 7) is 2.48. The van der Waals surface area contributed by atoms with E-state index >= 15 is 0 Å². The number of benzene rings is 3. The van der Waals surface area contributed by atoms with Gasteiger partial charge in [0, 0.05) is 17.8 Å². The van der Waals surface area contributed by atoms with E-state index in [-0.39, 0.29) is 5.91 Å². The Kier molecular flexibility index (Phi) is 6.23. The van der Waals surface area contributed by atoms with Crippen LogP contribution in [0.5, 0.6) is 5.75 Å². The van der Waals surface area contributed by atoms with Gasteiger partial charge in [-0.15, -0.1) is 0 Å². The normalized spacial score (nSPS) is 13.8. The van der Waals surface area contributed by atoms with Crippen molar-refractivity contribution in [2.45, 2.75) is 32.3 Å². The molecule has 1 aliphatic rings. The van der Waals surface area contributed by atoms with E-state index in [1.165, 1.54) is 0 Å². The number of hydrogen-bond acceptors (Lipinski definition) is 5. The van der Waals surface area contributed by atoms with Crippen LogP contribution < -0.4 is 9.64 Å². The Morgan fingerprint density at radius 3 is 2.66 bits per heavy atom. The number of imidazole rings is 1. The number of carbonyl (C=O) groups is 2. The van der Waals surface area contributed by atoms with Gasteiger partial charge in [-0.3, -0.25) is 4.79 Å². The number of carbonyl (C=O) groups excluding carboxylic acids is 2. The average Bonchev–Trinajstić information content (AvgIpc) is 3.34. The van der Waals surface area contributed by atoms with Crippen LogP contribution in [0.3, 0.4) is 0 Å². The summed E-state index contributed by atoms with van der Waals surface area (Å²) >= 11 is 0. The third-order valence-corrected chi connectivity index (χ3v) is 6.35. The number of nitrogens with one attached hydrogen (secondary N) is 1. The summed E-state index contributed by atoms with van der Waals surface area (Å²) < 4.78 is 10.9. The molecule has 0 aliphatic carbocycles. The number of para-hydroxylation sites is 1. The van der Waals surface area contributed by atoms with Crippen molar-refractivity contribution >= 4 is 28.6 Å². The van der Waals surface area contributed by atoms with Gasteiger partial charge in [-0.05, 0) is 73.4 Å². The first-order valence-electron chi connectivity index (χ1n) is 11.8. The van der Waals surface area contributed by atoms with Crippen molar-refractivity contribution in [1.82, 2.24) is 9.97 Å². The number of amides is 1. The molecule has 3 aromatic carbocycles. The highest BCUT2D eigenvalue weighted by Gasteiger charge is 2.30. The Hall–Kier alpha value is -4.13. The van der Waals surface area contributed by atoms with Crippen molar-refractivity contribution in [3.8, 4) is 17.1 Å². The number of fused-ring (bicyclic) bond motifs is 2. The smallest absolute Gasteiger partial charge is 0.338 e. The molecule has 1 aliphatic heterocycles. The van der Waals surface area contributed by atoms with E-state index < -0.39 is 12.1 Å². The van der Waals surface area contributed by atoms with Gasteiger partial charge in [0.2, 0.25) is 0 Å². The summed E-state index contributed by atoms with van der Waals surface area (Å²) in [7, 11) is 1.62. The lowest BCUT2D eigenvalue weighted by atomic mass is 10.0. The second-order valence-electron chi connectivity index (χ2n) is 8.57. The second kappa shape index (κ2) is 9.62. The van der Waals surface area contributed by atoms with Crippen molar-refractivity contribution in [2.24, 2.45) is 0 Å². The Bertz CT molecular complexity index is 1380. The van der Waals surface area contributed by atoms with Crippen LogP contribution in [0.25, 0.3) is 22.4 Å². The highest BCUT2D eigenvalue weighted by atomic mass is 16.5. The van der Waals surface area contributed by atoms with Gasteiger partial charge in [0.1, 0.15) is 11.6 Å². The number of methoxy groups -OCH3 is 1. The van der Waals surface area contributed by atoms with E-state index in [2.05, 4.69) is 9.97 Å². The molecule has 7 heteroatoms. The Morgan fingerprint density at radius 2 is 1.89 bits per heavy atom. The standard InChI is InChI=1S/C28H27N3O4/c1-3-25(27(32)31-16-6-8-18-7-4-5-9-24(18)31)35-28(33)20-12-15-22-23(17-20)30-26(29-22)19-10-13-21(34-2)14-11-19/h4-5,7,9-15,17,25H,3,6,8,16H2,1-2H3,(H,29,30). The lowest BCUT2D eigenvalue weighted by Gasteiger charge is -2.31. The predicted molar refractivity (Wildman–Crippen MR) is 135 cm³/mol. The molecule has 2 heterocycles. The van der Waals surface area contributed by atoms with Crippen LogP contribution in [-0.4, -0.2) is 41.6 Å². The monoisotopic (exact) mass is 469 g/mol. The molecule has 0 saturated carbocycles. The molecule has 7 nitrogen and oxygen atoms in total. The summed E-state index contributed by atoms with van der Waals surface area (Å²) in [6, 6.07) is 20.6. The Balaban J connectivity index is 1.34. The largest absolute Gasteiger partial charge is 0.497 e. The fraction of sp³-hybridized carbons (Fsp3) is 0.250. The third kappa shape index (κ3) is 4.49. The number of aromatic amines is 1. The maximum Gasteiger partial charge on any atom is 0.338 e. The van der Waals surface area contributed by atoms with Gasteiger partial charge in [0.05, 0.1) is 23.7 Å². The van der Waals surface area contributed by atoms with Crippen molar-refractivity contribution in [3.63, 3.8) is 0 Å². The Morgan fingerprint density at radius 1 is 1.09 bits per heavy atom. The SMILES string of the molecule is CCC(OC(=O)c1ccc2nc(-c3ccc(OC)cc3)[nH]c2c1)C(=O)N1CCCc2ccccc21.